The summed E-state index contributed by atoms with van der Waals surface area (Å²) in [6.07, 6.45) is -2.69. The van der Waals surface area contributed by atoms with Crippen molar-refractivity contribution in [1.29, 1.82) is 0 Å². The van der Waals surface area contributed by atoms with Gasteiger partial charge < -0.3 is 20.4 Å². The van der Waals surface area contributed by atoms with Crippen molar-refractivity contribution in [1.82, 2.24) is 14.5 Å². The summed E-state index contributed by atoms with van der Waals surface area (Å²) in [6, 6.07) is 11.0. The van der Waals surface area contributed by atoms with Gasteiger partial charge in [0.25, 0.3) is 0 Å². The number of hydrogen-bond acceptors (Lipinski definition) is 5. The van der Waals surface area contributed by atoms with Crippen LogP contribution in [0.25, 0.3) is 10.9 Å². The summed E-state index contributed by atoms with van der Waals surface area (Å²) in [7, 11) is 0. The van der Waals surface area contributed by atoms with E-state index < -0.39 is 18.3 Å². The van der Waals surface area contributed by atoms with Crippen LogP contribution in [0.2, 0.25) is 0 Å². The molecule has 4 rings (SSSR count). The maximum atomic E-state index is 13.4. The fraction of sp³-hybridized carbons (Fsp3) is 0.423. The molecule has 0 saturated carbocycles. The van der Waals surface area contributed by atoms with Gasteiger partial charge in [0, 0.05) is 30.5 Å². The number of fused-ring (bicyclic) bond motifs is 1. The lowest BCUT2D eigenvalue weighted by molar-refractivity contribution is -0.140. The first-order chi connectivity index (χ1) is 16.6. The SMILES string of the molecule is CC(C)(N)c1ccc(NCC#Cc2cc3c(CN4CCOCC4)cccc3n2CC(F)(F)F)cn1. The zero-order valence-electron chi connectivity index (χ0n) is 20.0. The molecule has 186 valence electrons. The zero-order valence-corrected chi connectivity index (χ0v) is 20.0. The molecule has 0 bridgehead atoms. The van der Waals surface area contributed by atoms with Crippen molar-refractivity contribution in [2.75, 3.05) is 38.2 Å². The first kappa shape index (κ1) is 25.0. The highest BCUT2D eigenvalue weighted by molar-refractivity contribution is 5.86. The average molecular weight is 486 g/mol. The second-order valence-electron chi connectivity index (χ2n) is 9.28. The van der Waals surface area contributed by atoms with Crippen LogP contribution in [0, 0.1) is 11.8 Å². The van der Waals surface area contributed by atoms with Gasteiger partial charge in [-0.1, -0.05) is 18.1 Å². The second-order valence-corrected chi connectivity index (χ2v) is 9.28. The number of nitrogens with two attached hydrogens (primary N) is 1. The normalized spacial score (nSPS) is 15.1. The van der Waals surface area contributed by atoms with Gasteiger partial charge in [-0.05, 0) is 49.6 Å². The second kappa shape index (κ2) is 10.3. The molecule has 1 fully saturated rings. The van der Waals surface area contributed by atoms with Crippen LogP contribution in [0.1, 0.15) is 30.8 Å². The molecule has 35 heavy (non-hydrogen) atoms. The maximum absolute atomic E-state index is 13.4. The first-order valence-corrected chi connectivity index (χ1v) is 11.6. The van der Waals surface area contributed by atoms with Crippen molar-refractivity contribution >= 4 is 16.6 Å². The summed E-state index contributed by atoms with van der Waals surface area (Å²) in [5, 5.41) is 3.93. The Hall–Kier alpha value is -3.06. The molecular formula is C26H30F3N5O. The largest absolute Gasteiger partial charge is 0.406 e. The van der Waals surface area contributed by atoms with E-state index in [-0.39, 0.29) is 6.54 Å². The van der Waals surface area contributed by atoms with Crippen molar-refractivity contribution in [2.24, 2.45) is 5.73 Å². The summed E-state index contributed by atoms with van der Waals surface area (Å²) in [4.78, 5) is 6.60. The predicted octanol–water partition coefficient (Wildman–Crippen LogP) is 4.09. The first-order valence-electron chi connectivity index (χ1n) is 11.6. The highest BCUT2D eigenvalue weighted by Crippen LogP contribution is 2.28. The van der Waals surface area contributed by atoms with Crippen molar-refractivity contribution in [3.8, 4) is 11.8 Å². The van der Waals surface area contributed by atoms with Gasteiger partial charge >= 0.3 is 6.18 Å². The third kappa shape index (κ3) is 6.54. The molecule has 1 aliphatic heterocycles. The van der Waals surface area contributed by atoms with E-state index in [1.807, 2.05) is 38.1 Å². The molecule has 9 heteroatoms. The number of aromatic nitrogens is 2. The number of pyridine rings is 1. The molecule has 2 aromatic heterocycles. The molecule has 1 aliphatic rings. The van der Waals surface area contributed by atoms with Crippen LogP contribution in [-0.4, -0.2) is 53.5 Å². The van der Waals surface area contributed by atoms with E-state index >= 15 is 0 Å². The van der Waals surface area contributed by atoms with E-state index in [4.69, 9.17) is 10.5 Å². The van der Waals surface area contributed by atoms with E-state index in [2.05, 4.69) is 27.0 Å². The molecule has 0 aliphatic carbocycles. The number of ether oxygens (including phenoxy) is 1. The zero-order chi connectivity index (χ0) is 25.1. The molecule has 3 N–H and O–H groups in total. The number of halogens is 3. The third-order valence-electron chi connectivity index (χ3n) is 5.89. The van der Waals surface area contributed by atoms with Crippen LogP contribution in [0.3, 0.4) is 0 Å². The lowest BCUT2D eigenvalue weighted by Crippen LogP contribution is -2.35. The standard InChI is InChI=1S/C26H30F3N5O/c1-25(2,30)24-9-8-20(16-32-24)31-10-4-6-21-15-22-19(17-33-11-13-35-14-12-33)5-3-7-23(22)34(21)18-26(27,28)29/h3,5,7-9,15-16,31H,10-14,17-18,30H2,1-2H3. The molecule has 0 atom stereocenters. The van der Waals surface area contributed by atoms with Gasteiger partial charge in [-0.25, -0.2) is 0 Å². The van der Waals surface area contributed by atoms with Gasteiger partial charge in [0.15, 0.2) is 0 Å². The van der Waals surface area contributed by atoms with E-state index in [0.29, 0.717) is 31.0 Å². The van der Waals surface area contributed by atoms with Crippen LogP contribution >= 0.6 is 0 Å². The molecule has 1 saturated heterocycles. The van der Waals surface area contributed by atoms with Crippen LogP contribution in [0.5, 0.6) is 0 Å². The number of rotatable bonds is 6. The molecule has 1 aromatic carbocycles. The summed E-state index contributed by atoms with van der Waals surface area (Å²) < 4.78 is 46.9. The summed E-state index contributed by atoms with van der Waals surface area (Å²) in [6.45, 7) is 6.52. The topological polar surface area (TPSA) is 68.3 Å². The molecular weight excluding hydrogens is 455 g/mol. The molecule has 3 heterocycles. The van der Waals surface area contributed by atoms with Crippen molar-refractivity contribution in [3.05, 3.63) is 59.5 Å². The van der Waals surface area contributed by atoms with E-state index in [1.54, 1.807) is 18.3 Å². The Bertz CT molecular complexity index is 1210. The van der Waals surface area contributed by atoms with Crippen molar-refractivity contribution in [2.45, 2.75) is 38.7 Å². The van der Waals surface area contributed by atoms with Gasteiger partial charge in [-0.3, -0.25) is 9.88 Å². The highest BCUT2D eigenvalue weighted by Gasteiger charge is 2.30. The van der Waals surface area contributed by atoms with Gasteiger partial charge in [-0.15, -0.1) is 0 Å². The summed E-state index contributed by atoms with van der Waals surface area (Å²) in [5.74, 6) is 5.89. The Morgan fingerprint density at radius 2 is 1.91 bits per heavy atom. The molecule has 6 nitrogen and oxygen atoms in total. The molecule has 3 aromatic rings. The Labute approximate surface area is 203 Å². The van der Waals surface area contributed by atoms with E-state index in [0.717, 1.165) is 35.4 Å². The summed E-state index contributed by atoms with van der Waals surface area (Å²) >= 11 is 0. The van der Waals surface area contributed by atoms with Gasteiger partial charge in [0.2, 0.25) is 0 Å². The van der Waals surface area contributed by atoms with Crippen LogP contribution in [0.4, 0.5) is 18.9 Å². The van der Waals surface area contributed by atoms with E-state index in [1.165, 1.54) is 4.57 Å². The van der Waals surface area contributed by atoms with Crippen molar-refractivity contribution < 1.29 is 17.9 Å². The monoisotopic (exact) mass is 485 g/mol. The number of nitrogens with zero attached hydrogens (tertiary/aromatic N) is 3. The third-order valence-corrected chi connectivity index (χ3v) is 5.89. The Kier molecular flexibility index (Phi) is 7.36. The number of morpholine rings is 1. The number of alkyl halides is 3. The van der Waals surface area contributed by atoms with Crippen LogP contribution in [0.15, 0.2) is 42.6 Å². The Morgan fingerprint density at radius 1 is 1.14 bits per heavy atom. The molecule has 0 radical (unpaired) electrons. The minimum atomic E-state index is -4.36. The minimum Gasteiger partial charge on any atom is -0.379 e. The Morgan fingerprint density at radius 3 is 2.57 bits per heavy atom. The van der Waals surface area contributed by atoms with E-state index in [9.17, 15) is 13.2 Å². The fourth-order valence-electron chi connectivity index (χ4n) is 4.10. The van der Waals surface area contributed by atoms with Crippen molar-refractivity contribution in [3.63, 3.8) is 0 Å². The lowest BCUT2D eigenvalue weighted by Gasteiger charge is -2.26. The summed E-state index contributed by atoms with van der Waals surface area (Å²) in [5.41, 5.74) is 8.90. The van der Waals surface area contributed by atoms with Gasteiger partial charge in [0.05, 0.1) is 48.6 Å². The molecule has 0 spiro atoms. The minimum absolute atomic E-state index is 0.265. The lowest BCUT2D eigenvalue weighted by atomic mass is 10.0. The predicted molar refractivity (Wildman–Crippen MR) is 131 cm³/mol. The molecule has 0 unspecified atom stereocenters. The van der Waals surface area contributed by atoms with Crippen LogP contribution < -0.4 is 11.1 Å². The number of hydrogen-bond donors (Lipinski definition) is 2. The highest BCUT2D eigenvalue weighted by atomic mass is 19.4. The fourth-order valence-corrected chi connectivity index (χ4v) is 4.10. The number of nitrogens with one attached hydrogen (secondary N) is 1. The number of benzene rings is 1. The van der Waals surface area contributed by atoms with Crippen LogP contribution in [-0.2, 0) is 23.4 Å². The maximum Gasteiger partial charge on any atom is 0.406 e. The molecule has 0 amide bonds. The van der Waals surface area contributed by atoms with Gasteiger partial charge in [0.1, 0.15) is 6.54 Å². The smallest absolute Gasteiger partial charge is 0.379 e. The Balaban J connectivity index is 1.56. The average Bonchev–Trinajstić information content (AvgIpc) is 3.14. The quantitative estimate of drug-likeness (QED) is 0.515. The van der Waals surface area contributed by atoms with Gasteiger partial charge in [-0.2, -0.15) is 13.2 Å². The number of anilines is 1.